The zero-order chi connectivity index (χ0) is 26.7. The molecule has 2 aromatic carbocycles. The summed E-state index contributed by atoms with van der Waals surface area (Å²) in [5.41, 5.74) is 6.43. The zero-order valence-corrected chi connectivity index (χ0v) is 23.4. The van der Waals surface area contributed by atoms with Gasteiger partial charge in [-0.25, -0.2) is 0 Å². The average Bonchev–Trinajstić information content (AvgIpc) is 3.58. The summed E-state index contributed by atoms with van der Waals surface area (Å²) in [5, 5.41) is 10.8. The minimum atomic E-state index is -0.578. The number of aliphatic carboxylic acids is 1. The highest BCUT2D eigenvalue weighted by Crippen LogP contribution is 2.63. The van der Waals surface area contributed by atoms with E-state index in [1.165, 1.54) is 40.4 Å². The molecule has 2 aliphatic heterocycles. The predicted molar refractivity (Wildman–Crippen MR) is 156 cm³/mol. The molecule has 202 valence electrons. The monoisotopic (exact) mass is 540 g/mol. The smallest absolute Gasteiger partial charge is 0.307 e. The van der Waals surface area contributed by atoms with Gasteiger partial charge in [-0.2, -0.15) is 4.99 Å². The molecule has 2 unspecified atom stereocenters. The Kier molecular flexibility index (Phi) is 6.22. The molecule has 4 aliphatic carbocycles. The maximum Gasteiger partial charge on any atom is 0.307 e. The highest BCUT2D eigenvalue weighted by molar-refractivity contribution is 8.18. The fraction of sp³-hybridized carbons (Fsp3) is 0.485. The van der Waals surface area contributed by atoms with Gasteiger partial charge in [0.05, 0.1) is 10.8 Å². The number of rotatable bonds is 5. The number of carbonyl (C=O) groups excluding carboxylic acids is 1. The molecule has 4 saturated carbocycles. The van der Waals surface area contributed by atoms with Crippen LogP contribution in [0.3, 0.4) is 0 Å². The third-order valence-corrected chi connectivity index (χ3v) is 11.2. The van der Waals surface area contributed by atoms with Crippen LogP contribution in [-0.2, 0) is 21.4 Å². The molecule has 4 bridgehead atoms. The van der Waals surface area contributed by atoms with Crippen LogP contribution >= 0.6 is 11.8 Å². The van der Waals surface area contributed by atoms with Gasteiger partial charge in [-0.15, -0.1) is 0 Å². The van der Waals surface area contributed by atoms with Crippen LogP contribution in [-0.4, -0.2) is 40.1 Å². The van der Waals surface area contributed by atoms with Crippen molar-refractivity contribution in [3.05, 3.63) is 64.1 Å². The molecule has 6 heteroatoms. The Morgan fingerprint density at radius 1 is 1.10 bits per heavy atom. The Morgan fingerprint density at radius 2 is 1.85 bits per heavy atom. The molecule has 0 radical (unpaired) electrons. The first-order valence-electron chi connectivity index (χ1n) is 14.7. The first-order valence-corrected chi connectivity index (χ1v) is 15.5. The second-order valence-corrected chi connectivity index (χ2v) is 13.4. The quantitative estimate of drug-likeness (QED) is 0.424. The highest BCUT2D eigenvalue weighted by atomic mass is 32.2. The second kappa shape index (κ2) is 9.65. The van der Waals surface area contributed by atoms with Crippen LogP contribution in [0.5, 0.6) is 0 Å². The van der Waals surface area contributed by atoms with Crippen molar-refractivity contribution in [2.75, 3.05) is 13.1 Å². The minimum Gasteiger partial charge on any atom is -0.481 e. The van der Waals surface area contributed by atoms with Crippen molar-refractivity contribution in [3.63, 3.8) is 0 Å². The van der Waals surface area contributed by atoms with Gasteiger partial charge in [0.1, 0.15) is 0 Å². The second-order valence-electron chi connectivity index (χ2n) is 12.4. The number of carboxylic acid groups (broad SMARTS) is 1. The van der Waals surface area contributed by atoms with Crippen LogP contribution in [0.25, 0.3) is 17.2 Å². The average molecular weight is 541 g/mol. The van der Waals surface area contributed by atoms with Gasteiger partial charge < -0.3 is 10.0 Å². The maximum absolute atomic E-state index is 12.7. The summed E-state index contributed by atoms with van der Waals surface area (Å²) >= 11 is 1.50. The van der Waals surface area contributed by atoms with E-state index in [-0.39, 0.29) is 17.2 Å². The zero-order valence-electron chi connectivity index (χ0n) is 22.6. The molecule has 2 aromatic rings. The largest absolute Gasteiger partial charge is 0.481 e. The van der Waals surface area contributed by atoms with E-state index in [1.54, 1.807) is 0 Å². The number of hydrogen-bond donors (Lipinski definition) is 1. The summed E-state index contributed by atoms with van der Waals surface area (Å²) in [6.45, 7) is 4.22. The van der Waals surface area contributed by atoms with Gasteiger partial charge in [0.25, 0.3) is 5.91 Å². The number of benzene rings is 2. The van der Waals surface area contributed by atoms with Crippen molar-refractivity contribution in [2.24, 2.45) is 28.7 Å². The van der Waals surface area contributed by atoms with Crippen molar-refractivity contribution in [3.8, 4) is 11.1 Å². The number of nitrogens with zero attached hydrogens (tertiary/aromatic N) is 2. The molecule has 2 heterocycles. The fourth-order valence-corrected chi connectivity index (χ4v) is 9.85. The van der Waals surface area contributed by atoms with Crippen LogP contribution < -0.4 is 0 Å². The molecular formula is C33H36N2O3S. The number of aliphatic imine (C=N–C) groups is 1. The van der Waals surface area contributed by atoms with Crippen molar-refractivity contribution in [2.45, 2.75) is 63.7 Å². The number of carboxylic acids is 1. The van der Waals surface area contributed by atoms with Crippen LogP contribution in [0.4, 0.5) is 0 Å². The first kappa shape index (κ1) is 25.1. The normalized spacial score (nSPS) is 32.3. The number of amides is 1. The number of thioether (sulfide) groups is 1. The van der Waals surface area contributed by atoms with Gasteiger partial charge in [-0.1, -0.05) is 43.3 Å². The summed E-state index contributed by atoms with van der Waals surface area (Å²) in [6.07, 6.45) is 10.7. The fourth-order valence-electron chi connectivity index (χ4n) is 8.88. The van der Waals surface area contributed by atoms with Crippen molar-refractivity contribution < 1.29 is 14.7 Å². The molecule has 0 spiro atoms. The van der Waals surface area contributed by atoms with Crippen LogP contribution in [0.1, 0.15) is 68.6 Å². The molecule has 0 aromatic heterocycles. The van der Waals surface area contributed by atoms with Crippen molar-refractivity contribution in [1.82, 2.24) is 4.90 Å². The van der Waals surface area contributed by atoms with E-state index in [9.17, 15) is 14.7 Å². The van der Waals surface area contributed by atoms with Gasteiger partial charge in [-0.05, 0) is 126 Å². The lowest BCUT2D eigenvalue weighted by Gasteiger charge is -2.59. The summed E-state index contributed by atoms with van der Waals surface area (Å²) < 4.78 is 0. The van der Waals surface area contributed by atoms with Gasteiger partial charge in [-0.3, -0.25) is 9.59 Å². The molecule has 8 rings (SSSR count). The third kappa shape index (κ3) is 4.26. The number of hydrogen-bond acceptors (Lipinski definition) is 4. The first-order chi connectivity index (χ1) is 18.9. The standard InChI is InChI=1S/C33H36N2O3S/c1-2-25-26(9-6-10-27(25)33-17-21-14-23(18-33)29(31(37)38)24(15-21)19-33)22-8-5-7-20(13-22)16-28-30(36)34-32(39-28)35-11-3-4-12-35/h5-10,13,16,21,23-24,29H,2-4,11-12,14-15,17-19H2,1H3,(H,37,38). The molecule has 6 aliphatic rings. The lowest BCUT2D eigenvalue weighted by Crippen LogP contribution is -2.55. The molecule has 5 nitrogen and oxygen atoms in total. The van der Waals surface area contributed by atoms with E-state index in [0.29, 0.717) is 22.7 Å². The van der Waals surface area contributed by atoms with E-state index in [4.69, 9.17) is 0 Å². The van der Waals surface area contributed by atoms with E-state index in [0.717, 1.165) is 68.8 Å². The topological polar surface area (TPSA) is 70.0 Å². The van der Waals surface area contributed by atoms with Crippen LogP contribution in [0.15, 0.2) is 52.4 Å². The van der Waals surface area contributed by atoms with Gasteiger partial charge in [0, 0.05) is 13.1 Å². The summed E-state index contributed by atoms with van der Waals surface area (Å²) in [6, 6.07) is 15.3. The number of carbonyl (C=O) groups is 2. The van der Waals surface area contributed by atoms with Gasteiger partial charge >= 0.3 is 5.97 Å². The molecule has 5 fully saturated rings. The highest BCUT2D eigenvalue weighted by Gasteiger charge is 2.58. The lowest BCUT2D eigenvalue weighted by atomic mass is 9.44. The van der Waals surface area contributed by atoms with E-state index in [1.807, 2.05) is 6.08 Å². The Hall–Kier alpha value is -2.86. The van der Waals surface area contributed by atoms with Crippen LogP contribution in [0.2, 0.25) is 0 Å². The maximum atomic E-state index is 12.7. The lowest BCUT2D eigenvalue weighted by molar-refractivity contribution is -0.157. The summed E-state index contributed by atoms with van der Waals surface area (Å²) in [5.74, 6) is 0.419. The molecule has 1 saturated heterocycles. The minimum absolute atomic E-state index is 0.111. The van der Waals surface area contributed by atoms with E-state index < -0.39 is 5.97 Å². The van der Waals surface area contributed by atoms with E-state index >= 15 is 0 Å². The molecular weight excluding hydrogens is 504 g/mol. The third-order valence-electron chi connectivity index (χ3n) is 10.1. The van der Waals surface area contributed by atoms with E-state index in [2.05, 4.69) is 59.3 Å². The van der Waals surface area contributed by atoms with Crippen molar-refractivity contribution >= 4 is 34.9 Å². The molecule has 39 heavy (non-hydrogen) atoms. The van der Waals surface area contributed by atoms with Gasteiger partial charge in [0.2, 0.25) is 0 Å². The van der Waals surface area contributed by atoms with Crippen molar-refractivity contribution in [1.29, 1.82) is 0 Å². The Morgan fingerprint density at radius 3 is 2.56 bits per heavy atom. The summed E-state index contributed by atoms with van der Waals surface area (Å²) in [4.78, 5) is 32.0. The Bertz CT molecular complexity index is 1390. The Balaban J connectivity index is 1.20. The SMILES string of the molecule is CCc1c(-c2cccc(C=C3SC(N4CCCC4)=NC3=O)c2)cccc1C12CC3CC(C1)C(C(=O)O)C(C3)C2. The Labute approximate surface area is 234 Å². The predicted octanol–water partition coefficient (Wildman–Crippen LogP) is 6.76. The molecule has 1 N–H and O–H groups in total. The summed E-state index contributed by atoms with van der Waals surface area (Å²) in [7, 11) is 0. The van der Waals surface area contributed by atoms with Gasteiger partial charge in [0.15, 0.2) is 5.17 Å². The number of amidine groups is 1. The molecule has 1 amide bonds. The van der Waals surface area contributed by atoms with Crippen LogP contribution in [0, 0.1) is 23.7 Å². The molecule has 2 atom stereocenters. The number of likely N-dealkylation sites (tertiary alicyclic amines) is 1.